The molecule has 2 aliphatic rings. The molecule has 1 aromatic carbocycles. The van der Waals surface area contributed by atoms with Gasteiger partial charge in [0.2, 0.25) is 0 Å². The Morgan fingerprint density at radius 2 is 1.94 bits per heavy atom. The normalized spacial score (nSPS) is 19.8. The molecule has 2 aromatic rings. The molecule has 0 amide bonds. The zero-order chi connectivity index (χ0) is 21.4. The predicted octanol–water partition coefficient (Wildman–Crippen LogP) is 2.96. The molecule has 2 N–H and O–H groups in total. The Morgan fingerprint density at radius 1 is 1.13 bits per heavy atom. The smallest absolute Gasteiger partial charge is 0.191 e. The number of ether oxygens (including phenoxy) is 1. The van der Waals surface area contributed by atoms with Gasteiger partial charge in [-0.15, -0.1) is 0 Å². The van der Waals surface area contributed by atoms with E-state index < -0.39 is 0 Å². The van der Waals surface area contributed by atoms with Crippen molar-refractivity contribution in [3.8, 4) is 5.69 Å². The summed E-state index contributed by atoms with van der Waals surface area (Å²) >= 11 is 0. The minimum atomic E-state index is 0.215. The van der Waals surface area contributed by atoms with Gasteiger partial charge in [-0.2, -0.15) is 0 Å². The molecule has 0 unspecified atom stereocenters. The predicted molar refractivity (Wildman–Crippen MR) is 125 cm³/mol. The molecule has 1 aliphatic heterocycles. The maximum atomic E-state index is 5.62. The number of aromatic nitrogens is 2. The van der Waals surface area contributed by atoms with Gasteiger partial charge in [0.1, 0.15) is 0 Å². The summed E-state index contributed by atoms with van der Waals surface area (Å²) in [7, 11) is 0. The number of hydrogen-bond donors (Lipinski definition) is 2. The molecular formula is C24H36N6O. The zero-order valence-electron chi connectivity index (χ0n) is 18.7. The van der Waals surface area contributed by atoms with Crippen molar-refractivity contribution in [1.82, 2.24) is 25.1 Å². The van der Waals surface area contributed by atoms with Crippen molar-refractivity contribution in [2.45, 2.75) is 51.1 Å². The summed E-state index contributed by atoms with van der Waals surface area (Å²) in [4.78, 5) is 11.8. The van der Waals surface area contributed by atoms with Crippen molar-refractivity contribution in [1.29, 1.82) is 0 Å². The molecule has 0 atom stereocenters. The van der Waals surface area contributed by atoms with Crippen LogP contribution < -0.4 is 10.6 Å². The van der Waals surface area contributed by atoms with Gasteiger partial charge in [-0.3, -0.25) is 4.90 Å². The molecule has 0 radical (unpaired) electrons. The van der Waals surface area contributed by atoms with Crippen LogP contribution in [0.15, 0.2) is 48.0 Å². The van der Waals surface area contributed by atoms with E-state index in [4.69, 9.17) is 9.73 Å². The van der Waals surface area contributed by atoms with Gasteiger partial charge in [0, 0.05) is 44.1 Å². The topological polar surface area (TPSA) is 66.7 Å². The molecule has 2 heterocycles. The number of imidazole rings is 1. The number of benzene rings is 1. The van der Waals surface area contributed by atoms with Crippen molar-refractivity contribution >= 4 is 5.96 Å². The molecule has 0 bridgehead atoms. The standard InChI is InChI=1S/C24H36N6O/c1-2-26-23(27-18-21-8-4-5-9-22(21)29-13-12-25-20-29)28-19-24(10-6-3-7-11-24)30-14-16-31-17-15-30/h4-5,8-9,12-13,20H,2-3,6-7,10-11,14-19H2,1H3,(H2,26,27,28). The first kappa shape index (κ1) is 21.8. The van der Waals surface area contributed by atoms with Gasteiger partial charge in [-0.1, -0.05) is 37.5 Å². The number of hydrogen-bond acceptors (Lipinski definition) is 4. The molecule has 168 valence electrons. The summed E-state index contributed by atoms with van der Waals surface area (Å²) < 4.78 is 7.67. The van der Waals surface area contributed by atoms with Crippen LogP contribution in [0.25, 0.3) is 5.69 Å². The van der Waals surface area contributed by atoms with Gasteiger partial charge < -0.3 is 19.9 Å². The van der Waals surface area contributed by atoms with Crippen LogP contribution in [-0.4, -0.2) is 65.3 Å². The highest BCUT2D eigenvalue weighted by Gasteiger charge is 2.38. The number of rotatable bonds is 7. The Bertz CT molecular complexity index is 822. The van der Waals surface area contributed by atoms with Crippen LogP contribution in [0.1, 0.15) is 44.6 Å². The average molecular weight is 425 g/mol. The third-order valence-electron chi connectivity index (χ3n) is 6.58. The van der Waals surface area contributed by atoms with Crippen LogP contribution in [0.5, 0.6) is 0 Å². The second-order valence-corrected chi connectivity index (χ2v) is 8.53. The fraction of sp³-hybridized carbons (Fsp3) is 0.583. The summed E-state index contributed by atoms with van der Waals surface area (Å²) in [5, 5.41) is 7.13. The fourth-order valence-electron chi connectivity index (χ4n) is 4.90. The largest absolute Gasteiger partial charge is 0.379 e. The fourth-order valence-corrected chi connectivity index (χ4v) is 4.90. The van der Waals surface area contributed by atoms with E-state index in [0.717, 1.165) is 51.0 Å². The molecule has 7 nitrogen and oxygen atoms in total. The zero-order valence-corrected chi connectivity index (χ0v) is 18.7. The Kier molecular flexibility index (Phi) is 7.59. The molecule has 2 fully saturated rings. The van der Waals surface area contributed by atoms with Crippen LogP contribution in [-0.2, 0) is 11.3 Å². The van der Waals surface area contributed by atoms with E-state index in [1.807, 2.05) is 17.1 Å². The molecular weight excluding hydrogens is 388 g/mol. The maximum absolute atomic E-state index is 5.62. The molecule has 1 saturated carbocycles. The third kappa shape index (κ3) is 5.46. The van der Waals surface area contributed by atoms with Gasteiger partial charge >= 0.3 is 0 Å². The molecule has 1 aromatic heterocycles. The number of aliphatic imine (C=N–C) groups is 1. The number of nitrogens with one attached hydrogen (secondary N) is 2. The summed E-state index contributed by atoms with van der Waals surface area (Å²) in [5.41, 5.74) is 2.52. The Labute approximate surface area is 185 Å². The minimum Gasteiger partial charge on any atom is -0.379 e. The summed E-state index contributed by atoms with van der Waals surface area (Å²) in [5.74, 6) is 0.890. The lowest BCUT2D eigenvalue weighted by Gasteiger charge is -2.48. The van der Waals surface area contributed by atoms with Gasteiger partial charge in [-0.25, -0.2) is 9.98 Å². The molecule has 1 saturated heterocycles. The lowest BCUT2D eigenvalue weighted by atomic mass is 9.80. The van der Waals surface area contributed by atoms with E-state index >= 15 is 0 Å². The highest BCUT2D eigenvalue weighted by atomic mass is 16.5. The Balaban J connectivity index is 1.47. The van der Waals surface area contributed by atoms with E-state index in [0.29, 0.717) is 6.54 Å². The van der Waals surface area contributed by atoms with Crippen molar-refractivity contribution < 1.29 is 4.74 Å². The van der Waals surface area contributed by atoms with Crippen molar-refractivity contribution in [2.75, 3.05) is 39.4 Å². The van der Waals surface area contributed by atoms with E-state index in [-0.39, 0.29) is 5.54 Å². The third-order valence-corrected chi connectivity index (χ3v) is 6.58. The molecule has 1 aliphatic carbocycles. The number of guanidine groups is 1. The first-order valence-corrected chi connectivity index (χ1v) is 11.7. The lowest BCUT2D eigenvalue weighted by Crippen LogP contribution is -2.60. The Morgan fingerprint density at radius 3 is 2.68 bits per heavy atom. The van der Waals surface area contributed by atoms with Gasteiger partial charge in [0.05, 0.1) is 31.8 Å². The first-order chi connectivity index (χ1) is 15.3. The molecule has 4 rings (SSSR count). The Hall–Kier alpha value is -2.38. The maximum Gasteiger partial charge on any atom is 0.191 e. The SMILES string of the molecule is CCNC(=NCc1ccccc1-n1ccnc1)NCC1(N2CCOCC2)CCCCC1. The van der Waals surface area contributed by atoms with E-state index in [2.05, 4.69) is 51.7 Å². The van der Waals surface area contributed by atoms with Crippen LogP contribution in [0.3, 0.4) is 0 Å². The van der Waals surface area contributed by atoms with Crippen molar-refractivity contribution in [3.63, 3.8) is 0 Å². The number of nitrogens with zero attached hydrogens (tertiary/aromatic N) is 4. The number of morpholine rings is 1. The van der Waals surface area contributed by atoms with E-state index in [1.165, 1.54) is 37.7 Å². The van der Waals surface area contributed by atoms with E-state index in [9.17, 15) is 0 Å². The van der Waals surface area contributed by atoms with Crippen LogP contribution in [0, 0.1) is 0 Å². The van der Waals surface area contributed by atoms with Crippen LogP contribution in [0.4, 0.5) is 0 Å². The molecule has 0 spiro atoms. The summed E-state index contributed by atoms with van der Waals surface area (Å²) in [6.45, 7) is 8.29. The van der Waals surface area contributed by atoms with Crippen molar-refractivity contribution in [3.05, 3.63) is 48.5 Å². The highest BCUT2D eigenvalue weighted by molar-refractivity contribution is 5.79. The highest BCUT2D eigenvalue weighted by Crippen LogP contribution is 2.33. The van der Waals surface area contributed by atoms with Gasteiger partial charge in [-0.05, 0) is 31.4 Å². The first-order valence-electron chi connectivity index (χ1n) is 11.7. The van der Waals surface area contributed by atoms with Crippen LogP contribution in [0.2, 0.25) is 0 Å². The minimum absolute atomic E-state index is 0.215. The van der Waals surface area contributed by atoms with Gasteiger partial charge in [0.25, 0.3) is 0 Å². The average Bonchev–Trinajstić information content (AvgIpc) is 3.37. The number of para-hydroxylation sites is 1. The molecule has 31 heavy (non-hydrogen) atoms. The second-order valence-electron chi connectivity index (χ2n) is 8.53. The monoisotopic (exact) mass is 424 g/mol. The van der Waals surface area contributed by atoms with Gasteiger partial charge in [0.15, 0.2) is 5.96 Å². The molecule has 7 heteroatoms. The summed E-state index contributed by atoms with van der Waals surface area (Å²) in [6.07, 6.45) is 12.1. The van der Waals surface area contributed by atoms with Crippen LogP contribution >= 0.6 is 0 Å². The lowest BCUT2D eigenvalue weighted by molar-refractivity contribution is -0.0352. The van der Waals surface area contributed by atoms with E-state index in [1.54, 1.807) is 6.20 Å². The summed E-state index contributed by atoms with van der Waals surface area (Å²) in [6, 6.07) is 8.38. The quantitative estimate of drug-likeness (QED) is 0.528. The van der Waals surface area contributed by atoms with Crippen molar-refractivity contribution in [2.24, 2.45) is 4.99 Å². The second kappa shape index (κ2) is 10.8.